The second-order valence-corrected chi connectivity index (χ2v) is 4.92. The number of aromatic nitrogens is 1. The van der Waals surface area contributed by atoms with Gasteiger partial charge in [0.25, 0.3) is 0 Å². The highest BCUT2D eigenvalue weighted by molar-refractivity contribution is 5.56. The summed E-state index contributed by atoms with van der Waals surface area (Å²) in [5, 5.41) is 7.49. The molecule has 2 heterocycles. The summed E-state index contributed by atoms with van der Waals surface area (Å²) >= 11 is 0. The smallest absolute Gasteiger partial charge is 0.167 e. The zero-order chi connectivity index (χ0) is 13.1. The van der Waals surface area contributed by atoms with Crippen molar-refractivity contribution in [2.24, 2.45) is 0 Å². The number of likely N-dealkylation sites (N-methyl/N-ethyl adjacent to an activating group) is 1. The van der Waals surface area contributed by atoms with Gasteiger partial charge in [0.05, 0.1) is 5.69 Å². The first kappa shape index (κ1) is 12.4. The minimum atomic E-state index is 0.641. The molecule has 0 bridgehead atoms. The lowest BCUT2D eigenvalue weighted by atomic mass is 10.1. The van der Waals surface area contributed by atoms with Gasteiger partial charge in [-0.25, -0.2) is 0 Å². The Labute approximate surface area is 113 Å². The van der Waals surface area contributed by atoms with Crippen LogP contribution in [0.5, 0.6) is 0 Å². The molecule has 0 amide bonds. The molecule has 1 aromatic carbocycles. The van der Waals surface area contributed by atoms with E-state index in [4.69, 9.17) is 4.52 Å². The zero-order valence-corrected chi connectivity index (χ0v) is 11.2. The first-order valence-corrected chi connectivity index (χ1v) is 6.82. The van der Waals surface area contributed by atoms with E-state index in [2.05, 4.69) is 22.3 Å². The number of nitrogens with one attached hydrogen (secondary N) is 1. The molecular weight excluding hydrogens is 238 g/mol. The quantitative estimate of drug-likeness (QED) is 0.891. The SMILES string of the molecule is CCN(Cc1cc(-c2ccccc2)on1)C1CNC1. The van der Waals surface area contributed by atoms with Crippen molar-refractivity contribution < 1.29 is 4.52 Å². The van der Waals surface area contributed by atoms with Gasteiger partial charge in [0.2, 0.25) is 0 Å². The van der Waals surface area contributed by atoms with E-state index in [1.54, 1.807) is 0 Å². The summed E-state index contributed by atoms with van der Waals surface area (Å²) in [6.07, 6.45) is 0. The lowest BCUT2D eigenvalue weighted by Crippen LogP contribution is -2.56. The molecule has 4 nitrogen and oxygen atoms in total. The Kier molecular flexibility index (Phi) is 3.62. The van der Waals surface area contributed by atoms with Crippen LogP contribution in [0.1, 0.15) is 12.6 Å². The van der Waals surface area contributed by atoms with Gasteiger partial charge in [-0.05, 0) is 6.54 Å². The normalized spacial score (nSPS) is 15.7. The molecule has 3 rings (SSSR count). The minimum Gasteiger partial charge on any atom is -0.356 e. The second-order valence-electron chi connectivity index (χ2n) is 4.92. The van der Waals surface area contributed by atoms with E-state index in [0.29, 0.717) is 6.04 Å². The number of hydrogen-bond donors (Lipinski definition) is 1. The summed E-state index contributed by atoms with van der Waals surface area (Å²) in [4.78, 5) is 2.43. The third-order valence-corrected chi connectivity index (χ3v) is 3.66. The molecule has 1 N–H and O–H groups in total. The Morgan fingerprint density at radius 2 is 2.11 bits per heavy atom. The first-order valence-electron chi connectivity index (χ1n) is 6.82. The molecule has 1 aliphatic rings. The van der Waals surface area contributed by atoms with Crippen molar-refractivity contribution in [1.29, 1.82) is 0 Å². The summed E-state index contributed by atoms with van der Waals surface area (Å²) in [6, 6.07) is 12.8. The first-order chi connectivity index (χ1) is 9.36. The molecule has 2 aromatic rings. The van der Waals surface area contributed by atoms with Crippen molar-refractivity contribution in [1.82, 2.24) is 15.4 Å². The fraction of sp³-hybridized carbons (Fsp3) is 0.400. The largest absolute Gasteiger partial charge is 0.356 e. The molecule has 0 spiro atoms. The van der Waals surface area contributed by atoms with E-state index in [-0.39, 0.29) is 0 Å². The summed E-state index contributed by atoms with van der Waals surface area (Å²) in [6.45, 7) is 6.25. The highest BCUT2D eigenvalue weighted by Crippen LogP contribution is 2.21. The van der Waals surface area contributed by atoms with Crippen LogP contribution in [-0.2, 0) is 6.54 Å². The van der Waals surface area contributed by atoms with Crippen LogP contribution in [0.4, 0.5) is 0 Å². The predicted octanol–water partition coefficient (Wildman–Crippen LogP) is 2.14. The van der Waals surface area contributed by atoms with Crippen molar-refractivity contribution in [3.05, 3.63) is 42.1 Å². The van der Waals surface area contributed by atoms with Crippen LogP contribution < -0.4 is 5.32 Å². The van der Waals surface area contributed by atoms with Crippen molar-refractivity contribution in [3.8, 4) is 11.3 Å². The Morgan fingerprint density at radius 1 is 1.32 bits per heavy atom. The van der Waals surface area contributed by atoms with Crippen LogP contribution in [0.3, 0.4) is 0 Å². The summed E-state index contributed by atoms with van der Waals surface area (Å²) in [7, 11) is 0. The highest BCUT2D eigenvalue weighted by Gasteiger charge is 2.24. The summed E-state index contributed by atoms with van der Waals surface area (Å²) in [5.74, 6) is 0.846. The third kappa shape index (κ3) is 2.69. The second kappa shape index (κ2) is 5.55. The Balaban J connectivity index is 1.70. The molecule has 0 saturated carbocycles. The molecule has 100 valence electrons. The maximum absolute atomic E-state index is 5.44. The molecule has 19 heavy (non-hydrogen) atoms. The lowest BCUT2D eigenvalue weighted by molar-refractivity contribution is 0.142. The van der Waals surface area contributed by atoms with Gasteiger partial charge >= 0.3 is 0 Å². The molecule has 1 aliphatic heterocycles. The molecule has 0 atom stereocenters. The van der Waals surface area contributed by atoms with Crippen LogP contribution in [0.15, 0.2) is 40.9 Å². The third-order valence-electron chi connectivity index (χ3n) is 3.66. The molecule has 0 unspecified atom stereocenters. The van der Waals surface area contributed by atoms with E-state index in [1.165, 1.54) is 0 Å². The zero-order valence-electron chi connectivity index (χ0n) is 11.2. The topological polar surface area (TPSA) is 41.3 Å². The maximum atomic E-state index is 5.44. The summed E-state index contributed by atoms with van der Waals surface area (Å²) < 4.78 is 5.44. The fourth-order valence-electron chi connectivity index (χ4n) is 2.36. The molecule has 0 radical (unpaired) electrons. The Bertz CT molecular complexity index is 519. The van der Waals surface area contributed by atoms with E-state index in [9.17, 15) is 0 Å². The van der Waals surface area contributed by atoms with E-state index < -0.39 is 0 Å². The maximum Gasteiger partial charge on any atom is 0.167 e. The van der Waals surface area contributed by atoms with E-state index >= 15 is 0 Å². The van der Waals surface area contributed by atoms with Gasteiger partial charge in [-0.15, -0.1) is 0 Å². The average molecular weight is 257 g/mol. The number of rotatable bonds is 5. The number of benzene rings is 1. The number of hydrogen-bond acceptors (Lipinski definition) is 4. The Morgan fingerprint density at radius 3 is 2.74 bits per heavy atom. The highest BCUT2D eigenvalue weighted by atomic mass is 16.5. The van der Waals surface area contributed by atoms with Gasteiger partial charge in [0.1, 0.15) is 0 Å². The van der Waals surface area contributed by atoms with E-state index in [1.807, 2.05) is 36.4 Å². The van der Waals surface area contributed by atoms with Crippen LogP contribution >= 0.6 is 0 Å². The van der Waals surface area contributed by atoms with Crippen LogP contribution in [0, 0.1) is 0 Å². The van der Waals surface area contributed by atoms with Crippen molar-refractivity contribution >= 4 is 0 Å². The van der Waals surface area contributed by atoms with Gasteiger partial charge in [-0.1, -0.05) is 42.4 Å². The molecule has 4 heteroatoms. The van der Waals surface area contributed by atoms with Crippen LogP contribution in [0.25, 0.3) is 11.3 Å². The van der Waals surface area contributed by atoms with Crippen molar-refractivity contribution in [2.75, 3.05) is 19.6 Å². The van der Waals surface area contributed by atoms with E-state index in [0.717, 1.165) is 43.2 Å². The molecule has 1 saturated heterocycles. The molecule has 1 aromatic heterocycles. The fourth-order valence-corrected chi connectivity index (χ4v) is 2.36. The molecule has 0 aliphatic carbocycles. The minimum absolute atomic E-state index is 0.641. The van der Waals surface area contributed by atoms with Crippen molar-refractivity contribution in [3.63, 3.8) is 0 Å². The molecule has 1 fully saturated rings. The van der Waals surface area contributed by atoms with Gasteiger partial charge in [0, 0.05) is 37.3 Å². The van der Waals surface area contributed by atoms with Crippen LogP contribution in [0.2, 0.25) is 0 Å². The van der Waals surface area contributed by atoms with Gasteiger partial charge in [-0.3, -0.25) is 4.90 Å². The van der Waals surface area contributed by atoms with Gasteiger partial charge < -0.3 is 9.84 Å². The predicted molar refractivity (Wildman–Crippen MR) is 74.7 cm³/mol. The average Bonchev–Trinajstić information content (AvgIpc) is 2.85. The van der Waals surface area contributed by atoms with Crippen LogP contribution in [-0.4, -0.2) is 35.7 Å². The monoisotopic (exact) mass is 257 g/mol. The number of nitrogens with zero attached hydrogens (tertiary/aromatic N) is 2. The molecular formula is C15H19N3O. The Hall–Kier alpha value is -1.65. The van der Waals surface area contributed by atoms with Gasteiger partial charge in [-0.2, -0.15) is 0 Å². The van der Waals surface area contributed by atoms with Crippen molar-refractivity contribution in [2.45, 2.75) is 19.5 Å². The summed E-state index contributed by atoms with van der Waals surface area (Å²) in [5.41, 5.74) is 2.09. The standard InChI is InChI=1S/C15H19N3O/c1-2-18(14-9-16-10-14)11-13-8-15(19-17-13)12-6-4-3-5-7-12/h3-8,14,16H,2,9-11H2,1H3. The lowest BCUT2D eigenvalue weighted by Gasteiger charge is -2.37. The van der Waals surface area contributed by atoms with Gasteiger partial charge in [0.15, 0.2) is 5.76 Å².